The Kier molecular flexibility index (Phi) is 4.89. The number of benzene rings is 2. The van der Waals surface area contributed by atoms with Crippen molar-refractivity contribution in [3.8, 4) is 6.07 Å². The van der Waals surface area contributed by atoms with Crippen molar-refractivity contribution in [2.45, 2.75) is 27.7 Å². The quantitative estimate of drug-likeness (QED) is 0.350. The molecule has 0 saturated carbocycles. The average molecular weight is 415 g/mol. The highest BCUT2D eigenvalue weighted by Gasteiger charge is 2.13. The van der Waals surface area contributed by atoms with Crippen molar-refractivity contribution in [3.05, 3.63) is 79.5 Å². The van der Waals surface area contributed by atoms with Crippen LogP contribution >= 0.6 is 11.6 Å². The molecule has 2 aromatic heterocycles. The van der Waals surface area contributed by atoms with E-state index in [4.69, 9.17) is 11.6 Å². The Morgan fingerprint density at radius 1 is 1.00 bits per heavy atom. The van der Waals surface area contributed by atoms with E-state index in [2.05, 4.69) is 27.1 Å². The Bertz CT molecular complexity index is 1480. The fourth-order valence-corrected chi connectivity index (χ4v) is 3.97. The van der Waals surface area contributed by atoms with E-state index >= 15 is 0 Å². The summed E-state index contributed by atoms with van der Waals surface area (Å²) in [6.07, 6.45) is 1.61. The van der Waals surface area contributed by atoms with Crippen LogP contribution in [0.4, 0.5) is 0 Å². The van der Waals surface area contributed by atoms with Crippen LogP contribution in [0.1, 0.15) is 33.6 Å². The minimum Gasteiger partial charge on any atom is -0.305 e. The van der Waals surface area contributed by atoms with Gasteiger partial charge in [-0.25, -0.2) is 9.97 Å². The van der Waals surface area contributed by atoms with Gasteiger partial charge in [-0.1, -0.05) is 29.3 Å². The molecule has 0 spiro atoms. The summed E-state index contributed by atoms with van der Waals surface area (Å²) in [6, 6.07) is 11.9. The maximum atomic E-state index is 12.6. The molecule has 1 N–H and O–H groups in total. The predicted molar refractivity (Wildman–Crippen MR) is 122 cm³/mol. The normalized spacial score (nSPS) is 11.8. The lowest BCUT2D eigenvalue weighted by Crippen LogP contribution is -2.12. The second-order valence-corrected chi connectivity index (χ2v) is 7.94. The van der Waals surface area contributed by atoms with E-state index in [1.165, 1.54) is 0 Å². The second kappa shape index (κ2) is 7.40. The minimum absolute atomic E-state index is 0.207. The number of halogens is 1. The molecular formula is C24H19ClN4O. The maximum Gasteiger partial charge on any atom is 0.259 e. The van der Waals surface area contributed by atoms with E-state index in [-0.39, 0.29) is 22.1 Å². The molecule has 2 heterocycles. The monoisotopic (exact) mass is 414 g/mol. The van der Waals surface area contributed by atoms with Crippen molar-refractivity contribution in [1.82, 2.24) is 15.0 Å². The molecule has 2 aromatic carbocycles. The number of nitrogens with one attached hydrogen (secondary N) is 1. The highest BCUT2D eigenvalue weighted by atomic mass is 35.5. The topological polar surface area (TPSA) is 82.4 Å². The van der Waals surface area contributed by atoms with Crippen LogP contribution in [0.5, 0.6) is 0 Å². The molecule has 0 radical (unpaired) electrons. The van der Waals surface area contributed by atoms with Gasteiger partial charge >= 0.3 is 0 Å². The molecule has 0 unspecified atom stereocenters. The number of aromatic amines is 1. The van der Waals surface area contributed by atoms with E-state index in [0.717, 1.165) is 33.2 Å². The Labute approximate surface area is 178 Å². The van der Waals surface area contributed by atoms with Crippen LogP contribution in [0, 0.1) is 39.0 Å². The van der Waals surface area contributed by atoms with Gasteiger partial charge < -0.3 is 4.98 Å². The smallest absolute Gasteiger partial charge is 0.259 e. The van der Waals surface area contributed by atoms with Crippen LogP contribution in [0.2, 0.25) is 5.15 Å². The van der Waals surface area contributed by atoms with Gasteiger partial charge in [0.05, 0.1) is 22.0 Å². The Hall–Kier alpha value is -3.49. The average Bonchev–Trinajstić information content (AvgIpc) is 2.67. The fourth-order valence-electron chi connectivity index (χ4n) is 3.78. The largest absolute Gasteiger partial charge is 0.305 e. The molecule has 0 fully saturated rings. The highest BCUT2D eigenvalue weighted by molar-refractivity contribution is 6.31. The summed E-state index contributed by atoms with van der Waals surface area (Å²) in [7, 11) is 0. The highest BCUT2D eigenvalue weighted by Crippen LogP contribution is 2.27. The third-order valence-corrected chi connectivity index (χ3v) is 5.36. The van der Waals surface area contributed by atoms with Gasteiger partial charge in [0.25, 0.3) is 5.56 Å². The molecule has 0 aliphatic carbocycles. The Balaban J connectivity index is 1.92. The number of hydrogen-bond acceptors (Lipinski definition) is 4. The van der Waals surface area contributed by atoms with Gasteiger partial charge in [0.15, 0.2) is 5.82 Å². The van der Waals surface area contributed by atoms with Crippen LogP contribution in [0.3, 0.4) is 0 Å². The summed E-state index contributed by atoms with van der Waals surface area (Å²) in [5.74, 6) is 0.207. The Morgan fingerprint density at radius 2 is 1.67 bits per heavy atom. The first-order valence-corrected chi connectivity index (χ1v) is 9.85. The molecule has 0 bridgehead atoms. The number of aromatic nitrogens is 3. The van der Waals surface area contributed by atoms with Crippen LogP contribution in [0.25, 0.3) is 33.5 Å². The van der Waals surface area contributed by atoms with Crippen LogP contribution in [-0.2, 0) is 0 Å². The van der Waals surface area contributed by atoms with E-state index in [9.17, 15) is 10.1 Å². The third kappa shape index (κ3) is 3.47. The van der Waals surface area contributed by atoms with Gasteiger partial charge in [-0.3, -0.25) is 4.79 Å². The summed E-state index contributed by atoms with van der Waals surface area (Å²) in [5, 5.41) is 11.5. The van der Waals surface area contributed by atoms with Crippen LogP contribution < -0.4 is 5.56 Å². The lowest BCUT2D eigenvalue weighted by atomic mass is 10.0. The van der Waals surface area contributed by atoms with Crippen LogP contribution in [-0.4, -0.2) is 15.0 Å². The summed E-state index contributed by atoms with van der Waals surface area (Å²) >= 11 is 6.42. The van der Waals surface area contributed by atoms with E-state index in [0.29, 0.717) is 16.5 Å². The van der Waals surface area contributed by atoms with Gasteiger partial charge in [0.1, 0.15) is 11.2 Å². The molecule has 5 nitrogen and oxygen atoms in total. The lowest BCUT2D eigenvalue weighted by molar-refractivity contribution is 1.12. The molecule has 4 aromatic rings. The van der Waals surface area contributed by atoms with Crippen molar-refractivity contribution in [2.24, 2.45) is 0 Å². The van der Waals surface area contributed by atoms with Crippen molar-refractivity contribution in [1.29, 1.82) is 5.26 Å². The summed E-state index contributed by atoms with van der Waals surface area (Å²) < 4.78 is 0. The van der Waals surface area contributed by atoms with Crippen molar-refractivity contribution < 1.29 is 0 Å². The number of nitrogens with zero attached hydrogens (tertiary/aromatic N) is 3. The molecule has 6 heteroatoms. The summed E-state index contributed by atoms with van der Waals surface area (Å²) in [5.41, 5.74) is 5.94. The zero-order chi connectivity index (χ0) is 21.6. The zero-order valence-electron chi connectivity index (χ0n) is 17.1. The Morgan fingerprint density at radius 3 is 2.37 bits per heavy atom. The maximum absolute atomic E-state index is 12.6. The number of nitriles is 1. The first-order valence-electron chi connectivity index (χ1n) is 9.48. The first-order chi connectivity index (χ1) is 14.3. The number of hydrogen-bond donors (Lipinski definition) is 1. The number of rotatable bonds is 2. The number of aryl methyl sites for hydroxylation is 4. The van der Waals surface area contributed by atoms with Crippen molar-refractivity contribution in [2.75, 3.05) is 0 Å². The van der Waals surface area contributed by atoms with E-state index < -0.39 is 0 Å². The second-order valence-electron chi connectivity index (χ2n) is 7.58. The molecule has 0 aliphatic rings. The zero-order valence-corrected chi connectivity index (χ0v) is 17.8. The van der Waals surface area contributed by atoms with E-state index in [1.807, 2.05) is 45.9 Å². The molecule has 0 amide bonds. The van der Waals surface area contributed by atoms with E-state index in [1.54, 1.807) is 12.1 Å². The minimum atomic E-state index is -0.281. The number of allylic oxidation sites excluding steroid dienone is 1. The van der Waals surface area contributed by atoms with Gasteiger partial charge in [-0.2, -0.15) is 5.26 Å². The van der Waals surface area contributed by atoms with Gasteiger partial charge in [-0.05, 0) is 68.7 Å². The fraction of sp³-hybridized carbons (Fsp3) is 0.167. The molecule has 0 saturated heterocycles. The summed E-state index contributed by atoms with van der Waals surface area (Å²) in [4.78, 5) is 24.4. The molecule has 0 atom stereocenters. The standard InChI is InChI=1S/C24H19ClN4O/c1-12-5-14(3)20-16(7-12)9-17(22(25)27-20)10-18(11-26)23-28-21-15(4)6-13(2)8-19(21)24(30)29-23/h5-10H,1-4H3,(H,28,29,30). The van der Waals surface area contributed by atoms with Crippen molar-refractivity contribution in [3.63, 3.8) is 0 Å². The SMILES string of the molecule is Cc1cc(C)c2nc(Cl)c(C=C(C#N)c3nc4c(C)cc(C)cc4c(=O)[nH]3)cc2c1. The molecule has 0 aliphatic heterocycles. The third-order valence-electron chi connectivity index (χ3n) is 5.05. The summed E-state index contributed by atoms with van der Waals surface area (Å²) in [6.45, 7) is 7.84. The molecular weight excluding hydrogens is 396 g/mol. The van der Waals surface area contributed by atoms with Crippen molar-refractivity contribution >= 4 is 45.1 Å². The van der Waals surface area contributed by atoms with Gasteiger partial charge in [0.2, 0.25) is 0 Å². The van der Waals surface area contributed by atoms with Gasteiger partial charge in [-0.15, -0.1) is 0 Å². The number of fused-ring (bicyclic) bond motifs is 2. The predicted octanol–water partition coefficient (Wildman–Crippen LogP) is 5.42. The number of H-pyrrole nitrogens is 1. The lowest BCUT2D eigenvalue weighted by Gasteiger charge is -2.08. The van der Waals surface area contributed by atoms with Crippen LogP contribution in [0.15, 0.2) is 35.1 Å². The van der Waals surface area contributed by atoms with Gasteiger partial charge in [0, 0.05) is 10.9 Å². The molecule has 148 valence electrons. The first kappa shape index (κ1) is 19.8. The number of pyridine rings is 1. The molecule has 30 heavy (non-hydrogen) atoms. The molecule has 4 rings (SSSR count).